The van der Waals surface area contributed by atoms with Gasteiger partial charge in [0.1, 0.15) is 0 Å². The fourth-order valence-corrected chi connectivity index (χ4v) is 3.48. The highest BCUT2D eigenvalue weighted by Gasteiger charge is 2.25. The minimum atomic E-state index is -0.105. The molecule has 29 heavy (non-hydrogen) atoms. The number of amides is 1. The summed E-state index contributed by atoms with van der Waals surface area (Å²) in [6, 6.07) is 12.0. The first kappa shape index (κ1) is 20.7. The van der Waals surface area contributed by atoms with E-state index in [1.165, 1.54) is 5.56 Å². The number of aryl methyl sites for hydroxylation is 4. The standard InChI is InChI=1S/C23H28N4O2/c1-14-8-7-9-19(12-14)23-26-25-22(29-23)18(5)27(6)13-20(28)24-21-16(3)10-15(2)11-17(21)4/h7-12,18H,13H2,1-6H3,(H,24,28)/p+1/t18-/m1/s1. The Morgan fingerprint density at radius 2 is 1.76 bits per heavy atom. The van der Waals surface area contributed by atoms with Crippen LogP contribution in [0.1, 0.15) is 41.1 Å². The molecule has 0 fully saturated rings. The van der Waals surface area contributed by atoms with Crippen molar-refractivity contribution in [3.63, 3.8) is 0 Å². The second-order valence-corrected chi connectivity index (χ2v) is 7.88. The van der Waals surface area contributed by atoms with Crippen molar-refractivity contribution in [2.45, 2.75) is 40.7 Å². The Balaban J connectivity index is 1.66. The second-order valence-electron chi connectivity index (χ2n) is 7.88. The van der Waals surface area contributed by atoms with E-state index in [1.807, 2.05) is 59.0 Å². The number of anilines is 1. The van der Waals surface area contributed by atoms with E-state index in [1.54, 1.807) is 0 Å². The molecule has 3 aromatic rings. The highest BCUT2D eigenvalue weighted by atomic mass is 16.4. The number of benzene rings is 2. The monoisotopic (exact) mass is 393 g/mol. The van der Waals surface area contributed by atoms with Crippen LogP contribution in [0.25, 0.3) is 11.5 Å². The van der Waals surface area contributed by atoms with Crippen molar-refractivity contribution in [1.82, 2.24) is 10.2 Å². The molecule has 6 heteroatoms. The molecule has 0 radical (unpaired) electrons. The van der Waals surface area contributed by atoms with Gasteiger partial charge in [0.05, 0.1) is 7.05 Å². The SMILES string of the molecule is Cc1cccc(-c2nnc([C@@H](C)[NH+](C)CC(=O)Nc3c(C)cc(C)cc3C)o2)c1. The molecule has 0 aliphatic carbocycles. The minimum absolute atomic E-state index is 0.0390. The molecule has 2 atom stereocenters. The molecule has 6 nitrogen and oxygen atoms in total. The number of likely N-dealkylation sites (N-methyl/N-ethyl adjacent to an activating group) is 1. The van der Waals surface area contributed by atoms with Gasteiger partial charge in [-0.25, -0.2) is 0 Å². The topological polar surface area (TPSA) is 72.5 Å². The summed E-state index contributed by atoms with van der Waals surface area (Å²) in [6.45, 7) is 10.4. The zero-order valence-corrected chi connectivity index (χ0v) is 18.0. The van der Waals surface area contributed by atoms with Crippen molar-refractivity contribution in [3.05, 3.63) is 64.5 Å². The van der Waals surface area contributed by atoms with Gasteiger partial charge in [-0.1, -0.05) is 35.4 Å². The molecule has 0 aliphatic rings. The van der Waals surface area contributed by atoms with E-state index in [2.05, 4.69) is 34.6 Å². The summed E-state index contributed by atoms with van der Waals surface area (Å²) in [4.78, 5) is 13.6. The first-order chi connectivity index (χ1) is 13.7. The summed E-state index contributed by atoms with van der Waals surface area (Å²) in [6.07, 6.45) is 0. The number of carbonyl (C=O) groups excluding carboxylic acids is 1. The average molecular weight is 394 g/mol. The maximum absolute atomic E-state index is 12.6. The normalized spacial score (nSPS) is 13.2. The number of hydrogen-bond donors (Lipinski definition) is 2. The molecular weight excluding hydrogens is 364 g/mol. The van der Waals surface area contributed by atoms with Gasteiger partial charge in [0, 0.05) is 11.3 Å². The van der Waals surface area contributed by atoms with E-state index in [-0.39, 0.29) is 11.9 Å². The molecule has 0 aliphatic heterocycles. The van der Waals surface area contributed by atoms with Crippen LogP contribution < -0.4 is 10.2 Å². The number of nitrogens with one attached hydrogen (secondary N) is 2. The molecule has 2 N–H and O–H groups in total. The summed E-state index contributed by atoms with van der Waals surface area (Å²) in [7, 11) is 1.95. The summed E-state index contributed by atoms with van der Waals surface area (Å²) < 4.78 is 5.88. The fraction of sp³-hybridized carbons (Fsp3) is 0.348. The quantitative estimate of drug-likeness (QED) is 0.675. The minimum Gasteiger partial charge on any atom is -0.415 e. The smallest absolute Gasteiger partial charge is 0.279 e. The van der Waals surface area contributed by atoms with Crippen LogP contribution in [0, 0.1) is 27.7 Å². The number of nitrogens with zero attached hydrogens (tertiary/aromatic N) is 2. The van der Waals surface area contributed by atoms with E-state index >= 15 is 0 Å². The zero-order valence-electron chi connectivity index (χ0n) is 18.0. The number of carbonyl (C=O) groups is 1. The summed E-state index contributed by atoms with van der Waals surface area (Å²) in [5.41, 5.74) is 6.26. The van der Waals surface area contributed by atoms with E-state index in [0.29, 0.717) is 18.3 Å². The van der Waals surface area contributed by atoms with Crippen LogP contribution in [-0.4, -0.2) is 29.7 Å². The Morgan fingerprint density at radius 3 is 2.41 bits per heavy atom. The first-order valence-electron chi connectivity index (χ1n) is 9.85. The third-order valence-electron chi connectivity index (χ3n) is 5.20. The maximum Gasteiger partial charge on any atom is 0.279 e. The van der Waals surface area contributed by atoms with Crippen molar-refractivity contribution in [2.75, 3.05) is 18.9 Å². The summed E-state index contributed by atoms with van der Waals surface area (Å²) in [5.74, 6) is 0.982. The average Bonchev–Trinajstić information content (AvgIpc) is 3.14. The van der Waals surface area contributed by atoms with Crippen molar-refractivity contribution in [3.8, 4) is 11.5 Å². The van der Waals surface area contributed by atoms with Gasteiger partial charge in [0.15, 0.2) is 12.6 Å². The number of quaternary nitrogens is 1. The van der Waals surface area contributed by atoms with Crippen molar-refractivity contribution in [2.24, 2.45) is 0 Å². The second kappa shape index (κ2) is 8.57. The van der Waals surface area contributed by atoms with Gasteiger partial charge in [-0.05, 0) is 57.9 Å². The van der Waals surface area contributed by atoms with Gasteiger partial charge in [-0.15, -0.1) is 10.2 Å². The molecule has 0 saturated heterocycles. The maximum atomic E-state index is 12.6. The Labute approximate surface area is 172 Å². The van der Waals surface area contributed by atoms with E-state index in [9.17, 15) is 4.79 Å². The van der Waals surface area contributed by atoms with Crippen LogP contribution in [0.5, 0.6) is 0 Å². The highest BCUT2D eigenvalue weighted by molar-refractivity contribution is 5.93. The van der Waals surface area contributed by atoms with Gasteiger partial charge in [0.25, 0.3) is 11.8 Å². The van der Waals surface area contributed by atoms with Gasteiger partial charge < -0.3 is 14.6 Å². The van der Waals surface area contributed by atoms with Crippen LogP contribution in [-0.2, 0) is 4.79 Å². The summed E-state index contributed by atoms with van der Waals surface area (Å²) in [5, 5.41) is 11.4. The molecule has 1 aromatic heterocycles. The van der Waals surface area contributed by atoms with Gasteiger partial charge in [-0.2, -0.15) is 0 Å². The Kier molecular flexibility index (Phi) is 6.13. The van der Waals surface area contributed by atoms with Crippen molar-refractivity contribution >= 4 is 11.6 Å². The first-order valence-corrected chi connectivity index (χ1v) is 9.85. The van der Waals surface area contributed by atoms with Crippen molar-refractivity contribution in [1.29, 1.82) is 0 Å². The van der Waals surface area contributed by atoms with E-state index in [0.717, 1.165) is 32.8 Å². The third kappa shape index (κ3) is 4.90. The molecule has 0 bridgehead atoms. The lowest BCUT2D eigenvalue weighted by Gasteiger charge is -2.19. The largest absolute Gasteiger partial charge is 0.415 e. The van der Waals surface area contributed by atoms with E-state index in [4.69, 9.17) is 4.42 Å². The Bertz CT molecular complexity index is 1000. The zero-order chi connectivity index (χ0) is 21.1. The van der Waals surface area contributed by atoms with Gasteiger partial charge >= 0.3 is 0 Å². The Morgan fingerprint density at radius 1 is 1.07 bits per heavy atom. The van der Waals surface area contributed by atoms with Crippen LogP contribution in [0.2, 0.25) is 0 Å². The number of rotatable bonds is 6. The van der Waals surface area contributed by atoms with Crippen LogP contribution >= 0.6 is 0 Å². The van der Waals surface area contributed by atoms with Crippen LogP contribution in [0.15, 0.2) is 40.8 Å². The molecule has 0 spiro atoms. The van der Waals surface area contributed by atoms with Crippen LogP contribution in [0.4, 0.5) is 5.69 Å². The fourth-order valence-electron chi connectivity index (χ4n) is 3.48. The number of aromatic nitrogens is 2. The lowest BCUT2D eigenvalue weighted by Crippen LogP contribution is -3.10. The Hall–Kier alpha value is -2.99. The molecular formula is C23H29N4O2+. The molecule has 1 heterocycles. The highest BCUT2D eigenvalue weighted by Crippen LogP contribution is 2.22. The van der Waals surface area contributed by atoms with Gasteiger partial charge in [-0.3, -0.25) is 4.79 Å². The number of hydrogen-bond acceptors (Lipinski definition) is 4. The van der Waals surface area contributed by atoms with E-state index < -0.39 is 0 Å². The molecule has 1 amide bonds. The predicted molar refractivity (Wildman–Crippen MR) is 114 cm³/mol. The third-order valence-corrected chi connectivity index (χ3v) is 5.20. The summed E-state index contributed by atoms with van der Waals surface area (Å²) >= 11 is 0. The molecule has 2 aromatic carbocycles. The molecule has 3 rings (SSSR count). The molecule has 152 valence electrons. The van der Waals surface area contributed by atoms with Crippen molar-refractivity contribution < 1.29 is 14.1 Å². The molecule has 0 saturated carbocycles. The lowest BCUT2D eigenvalue weighted by molar-refractivity contribution is -0.903. The van der Waals surface area contributed by atoms with Gasteiger partial charge in [0.2, 0.25) is 5.89 Å². The van der Waals surface area contributed by atoms with Crippen LogP contribution in [0.3, 0.4) is 0 Å². The molecule has 1 unspecified atom stereocenters. The predicted octanol–water partition coefficient (Wildman–Crippen LogP) is 3.18. The lowest BCUT2D eigenvalue weighted by atomic mass is 10.1.